The zero-order valence-corrected chi connectivity index (χ0v) is 62.7. The summed E-state index contributed by atoms with van der Waals surface area (Å²) >= 11 is 0. The van der Waals surface area contributed by atoms with Gasteiger partial charge in [0.15, 0.2) is 11.3 Å². The number of aliphatic hydroxyl groups excluding tert-OH is 3. The van der Waals surface area contributed by atoms with E-state index in [0.29, 0.717) is 87.3 Å². The van der Waals surface area contributed by atoms with Gasteiger partial charge in [-0.2, -0.15) is 4.52 Å². The molecule has 9 aromatic rings. The van der Waals surface area contributed by atoms with Crippen molar-refractivity contribution < 1.29 is 137 Å². The van der Waals surface area contributed by atoms with Crippen molar-refractivity contribution in [3.63, 3.8) is 0 Å². The molecule has 7 aliphatic rings. The Balaban J connectivity index is 0.000000214. The van der Waals surface area contributed by atoms with Crippen LogP contribution in [-0.2, 0) is 20.8 Å². The van der Waals surface area contributed by atoms with Gasteiger partial charge in [0.1, 0.15) is 12.4 Å². The first-order chi connectivity index (χ1) is 49.5. The fourth-order valence-corrected chi connectivity index (χ4v) is 13.4. The Morgan fingerprint density at radius 1 is 0.680 bits per heavy atom. The average molecular weight is 1580 g/mol. The summed E-state index contributed by atoms with van der Waals surface area (Å²) < 4.78 is 44.4. The van der Waals surface area contributed by atoms with Gasteiger partial charge < -0.3 is 67.2 Å². The number of aromatic nitrogens is 9. The van der Waals surface area contributed by atoms with Crippen LogP contribution in [0.1, 0.15) is 169 Å². The van der Waals surface area contributed by atoms with Crippen LogP contribution in [0.5, 0.6) is 5.88 Å². The maximum atomic E-state index is 12.7. The number of alkyl halides is 1. The Morgan fingerprint density at radius 2 is 1.20 bits per heavy atom. The average Bonchev–Trinajstić information content (AvgIpc) is 1.66. The third-order valence-corrected chi connectivity index (χ3v) is 18.6. The molecule has 5 amide bonds. The van der Waals surface area contributed by atoms with E-state index in [9.17, 15) is 33.5 Å². The van der Waals surface area contributed by atoms with E-state index in [1.807, 2.05) is 55.5 Å². The first-order valence-corrected chi connectivity index (χ1v) is 34.0. The zero-order valence-electron chi connectivity index (χ0n) is 60.7. The van der Waals surface area contributed by atoms with Crippen molar-refractivity contribution >= 4 is 57.0 Å². The van der Waals surface area contributed by atoms with Gasteiger partial charge in [-0.3, -0.25) is 48.4 Å². The molecule has 4 aromatic carbocycles. The second kappa shape index (κ2) is 41.0. The van der Waals surface area contributed by atoms with E-state index in [1.54, 1.807) is 106 Å². The third kappa shape index (κ3) is 20.5. The number of fused-ring (bicyclic) bond motifs is 6. The first kappa shape index (κ1) is 81.5. The molecule has 16 rings (SSSR count). The Labute approximate surface area is 651 Å². The molecule has 7 heterocycles. The van der Waals surface area contributed by atoms with Crippen molar-refractivity contribution in [1.29, 1.82) is 0 Å². The number of carbonyl (C=O) groups is 5. The summed E-state index contributed by atoms with van der Waals surface area (Å²) in [5.74, 6) is 0.472. The second-order valence-electron chi connectivity index (χ2n) is 25.1. The largest absolute Gasteiger partial charge is 1.00 e. The maximum Gasteiger partial charge on any atom is 1.00 e. The molecule has 3 unspecified atom stereocenters. The number of nitrogens with two attached hydrogens (primary N) is 2. The second-order valence-corrected chi connectivity index (χ2v) is 25.1. The van der Waals surface area contributed by atoms with E-state index in [2.05, 4.69) is 46.2 Å². The van der Waals surface area contributed by atoms with Gasteiger partial charge in [0, 0.05) is 101 Å². The molecule has 1 radical (unpaired) electrons. The van der Waals surface area contributed by atoms with E-state index in [0.717, 1.165) is 98.9 Å². The van der Waals surface area contributed by atoms with E-state index in [4.69, 9.17) is 46.5 Å². The number of carbonyl (C=O) groups excluding carboxylic acids is 5. The number of imide groups is 2. The summed E-state index contributed by atoms with van der Waals surface area (Å²) in [6.07, 6.45) is 15.6. The Kier molecular flexibility index (Phi) is 32.4. The van der Waals surface area contributed by atoms with Crippen LogP contribution in [0, 0.1) is 44.7 Å². The van der Waals surface area contributed by atoms with Crippen molar-refractivity contribution in [2.24, 2.45) is 11.5 Å². The number of aliphatic hydroxyl groups is 3. The predicted molar refractivity (Wildman–Crippen MR) is 373 cm³/mol. The minimum atomic E-state index is -1.00. The number of pyridine rings is 1. The van der Waals surface area contributed by atoms with Crippen LogP contribution in [0.3, 0.4) is 0 Å². The molecule has 551 valence electrons. The van der Waals surface area contributed by atoms with Crippen LogP contribution in [0.25, 0.3) is 39.0 Å². The molecule has 103 heavy (non-hydrogen) atoms. The monoisotopic (exact) mass is 1580 g/mol. The van der Waals surface area contributed by atoms with E-state index in [1.165, 1.54) is 16.2 Å². The minimum Gasteiger partial charge on any atom is -1.00 e. The van der Waals surface area contributed by atoms with Gasteiger partial charge in [-0.25, -0.2) is 0 Å². The fourth-order valence-electron chi connectivity index (χ4n) is 13.4. The molecular weight excluding hydrogens is 1490 g/mol. The molecule has 27 nitrogen and oxygen atoms in total. The van der Waals surface area contributed by atoms with Crippen LogP contribution in [-0.4, -0.2) is 191 Å². The molecule has 5 fully saturated rings. The van der Waals surface area contributed by atoms with Crippen LogP contribution in [0.4, 0.5) is 4.39 Å². The summed E-state index contributed by atoms with van der Waals surface area (Å²) in [5, 5.41) is 59.3. The summed E-state index contributed by atoms with van der Waals surface area (Å²) in [7, 11) is 4.05. The van der Waals surface area contributed by atoms with Crippen LogP contribution in [0.2, 0.25) is 0 Å². The van der Waals surface area contributed by atoms with Crippen molar-refractivity contribution in [3.8, 4) is 17.4 Å². The van der Waals surface area contributed by atoms with E-state index >= 15 is 0 Å². The smallest absolute Gasteiger partial charge is 1.00 e. The number of ether oxygens (including phenoxy) is 4. The van der Waals surface area contributed by atoms with Crippen molar-refractivity contribution in [1.82, 2.24) is 60.5 Å². The number of amides is 5. The van der Waals surface area contributed by atoms with Gasteiger partial charge >= 0.3 is 29.6 Å². The normalized spacial score (nSPS) is 22.6. The fraction of sp³-hybridized carbons (Fsp3) is 0.452. The third-order valence-electron chi connectivity index (χ3n) is 18.6. The number of aryl methyl sites for hydroxylation is 1. The zero-order chi connectivity index (χ0) is 72.8. The molecule has 2 aliphatic heterocycles. The molecule has 0 bridgehead atoms. The molecule has 5 saturated carbocycles. The van der Waals surface area contributed by atoms with Crippen LogP contribution < -0.4 is 56.2 Å². The first-order valence-electron chi connectivity index (χ1n) is 34.7. The number of hydrogen-bond donors (Lipinski definition) is 6. The van der Waals surface area contributed by atoms with Gasteiger partial charge in [0.05, 0.1) is 90.7 Å². The molecule has 0 saturated heterocycles. The topological polar surface area (TPSA) is 375 Å². The summed E-state index contributed by atoms with van der Waals surface area (Å²) in [6, 6.07) is 34.4. The number of hydrogen-bond acceptors (Lipinski definition) is 22. The molecule has 8 N–H and O–H groups in total. The molecule has 5 aromatic heterocycles. The predicted octanol–water partition coefficient (Wildman–Crippen LogP) is 5.22. The summed E-state index contributed by atoms with van der Waals surface area (Å²) in [6.45, 7) is 3.91. The van der Waals surface area contributed by atoms with Gasteiger partial charge in [0.25, 0.3) is 29.5 Å². The van der Waals surface area contributed by atoms with Crippen LogP contribution >= 0.6 is 0 Å². The summed E-state index contributed by atoms with van der Waals surface area (Å²) in [5.41, 5.74) is 17.0. The number of nitrogens with one attached hydrogen (secondary N) is 1. The molecule has 30 heteroatoms. The number of halogens is 1. The van der Waals surface area contributed by atoms with E-state index < -0.39 is 13.3 Å². The van der Waals surface area contributed by atoms with Crippen molar-refractivity contribution in [2.45, 2.75) is 177 Å². The SMILES string of the molecule is CCO.COC1CCC[C@@H]1N.COC1CCC[C@@H]1N1C(=O)c2ccccc2C1=O.COC1CCC[C@@H]1NC(=O)c1ccc(COc2nn3c(-c4cc(C)on4)nnc3c3ccccc23)nc1.N[C@H]1CCC[C@@H]1O.O=C1c2ccccc2C(=O)N1[C@H]1CCC[C@@H]1O.[2H]CF.[H-].[Ho].[Na+].c1ccc2[n-]nnc2c1. The van der Waals surface area contributed by atoms with Gasteiger partial charge in [-0.15, -0.1) is 15.3 Å². The Bertz CT molecular complexity index is 4130. The minimum absolute atomic E-state index is 0. The quantitative estimate of drug-likeness (QED) is 0.0714. The molecule has 5 aliphatic carbocycles. The van der Waals surface area contributed by atoms with Crippen molar-refractivity contribution in [3.05, 3.63) is 161 Å². The molecular formula is C73H91FHoN14NaO13-. The number of rotatable bonds is 11. The molecule has 10 atom stereocenters. The number of methoxy groups -OCH3 is 3. The number of nitrogens with zero attached hydrogens (tertiary/aromatic N) is 11. The van der Waals surface area contributed by atoms with Gasteiger partial charge in [0.2, 0.25) is 11.7 Å². The Morgan fingerprint density at radius 3 is 1.72 bits per heavy atom. The standard InChI is InChI=1S/C26H25N7O4.C14H15NO3.C13H13NO3.C6H4N3.C6H13NO.C5H11NO.C2H6O.CH3F.Ho.Na.H/c1-15-12-21(32-37-15)24-30-29-23-18-6-3-4-7-19(18)26(31-33(23)24)36-14-17-11-10-16(13-27-17)25(34)28-20-8-5-9-22(20)35-2;1-18-12-8-4-7-11(12)15-13(16)9-5-2-3-6-10(9)14(15)17;15-11-7-3-6-10(11)14-12(16)8-4-1-2-5-9(8)13(14)17;1-2-4-6-5(3-1)7-9-8-6;1-8-6-4-2-3-5(6)7;6-4-2-1-3-5(4)7;1-2-3;1-2;;;/h3-4,6-7,10-13,20,22H,5,8-9,14H2,1-2H3,(H,28,34);2-3,5-6,11-12H,4,7-8H2,1H3;1-2,4-5,10-11,15H,3,6-7H2;1-4H;5-6H,2-4,7H2,1H3;4-5,7H,1-3,6H2;3H,2H2,1H3;1H3;;;/q;;;-1;;;;;;+1;-1/t20-,22?;11-,12?;10-,11-;;5-,6?;4-,5-;;;;;/m000.00...../s1/i;;;;;;;1D;;;. The van der Waals surface area contributed by atoms with Crippen molar-refractivity contribution in [2.75, 3.05) is 35.1 Å². The van der Waals surface area contributed by atoms with Crippen LogP contribution in [0.15, 0.2) is 126 Å². The van der Waals surface area contributed by atoms with Gasteiger partial charge in [-0.1, -0.05) is 71.9 Å². The summed E-state index contributed by atoms with van der Waals surface area (Å²) in [4.78, 5) is 68.6. The molecule has 0 spiro atoms. The Hall–Kier alpha value is -7.13. The van der Waals surface area contributed by atoms with Gasteiger partial charge in [-0.05, 0) is 164 Å². The van der Waals surface area contributed by atoms with E-state index in [-0.39, 0.29) is 154 Å². The number of benzene rings is 4. The maximum absolute atomic E-state index is 12.7.